The first-order chi connectivity index (χ1) is 14.8. The van der Waals surface area contributed by atoms with Gasteiger partial charge in [-0.05, 0) is 58.0 Å². The fraction of sp³-hybridized carbons (Fsp3) is 0.304. The smallest absolute Gasteiger partial charge is 0.255 e. The van der Waals surface area contributed by atoms with Gasteiger partial charge in [-0.1, -0.05) is 17.7 Å². The van der Waals surface area contributed by atoms with Crippen molar-refractivity contribution in [3.63, 3.8) is 0 Å². The van der Waals surface area contributed by atoms with Gasteiger partial charge >= 0.3 is 0 Å². The molecule has 3 aromatic rings. The molecule has 0 aliphatic heterocycles. The van der Waals surface area contributed by atoms with Crippen LogP contribution in [-0.2, 0) is 6.54 Å². The normalized spacial score (nSPS) is 10.8. The lowest BCUT2D eigenvalue weighted by Crippen LogP contribution is -2.14. The maximum Gasteiger partial charge on any atom is 0.255 e. The van der Waals surface area contributed by atoms with E-state index in [0.29, 0.717) is 57.9 Å². The minimum Gasteiger partial charge on any atom is -0.490 e. The second kappa shape index (κ2) is 9.83. The van der Waals surface area contributed by atoms with Gasteiger partial charge < -0.3 is 14.8 Å². The molecule has 1 heterocycles. The topological polar surface area (TPSA) is 65.4 Å². The van der Waals surface area contributed by atoms with Crippen LogP contribution in [-0.4, -0.2) is 28.9 Å². The maximum atomic E-state index is 14.2. The first-order valence-electron chi connectivity index (χ1n) is 10.0. The minimum atomic E-state index is -0.400. The molecule has 8 heteroatoms. The highest BCUT2D eigenvalue weighted by molar-refractivity contribution is 6.31. The molecule has 6 nitrogen and oxygen atoms in total. The first kappa shape index (κ1) is 22.6. The summed E-state index contributed by atoms with van der Waals surface area (Å²) in [5, 5.41) is 7.69. The molecule has 0 fully saturated rings. The Hall–Kier alpha value is -3.06. The van der Waals surface area contributed by atoms with Gasteiger partial charge in [0.25, 0.3) is 5.91 Å². The summed E-state index contributed by atoms with van der Waals surface area (Å²) in [7, 11) is 0. The van der Waals surface area contributed by atoms with Gasteiger partial charge in [0, 0.05) is 16.1 Å². The van der Waals surface area contributed by atoms with Crippen LogP contribution < -0.4 is 14.8 Å². The molecule has 0 bridgehead atoms. The summed E-state index contributed by atoms with van der Waals surface area (Å²) in [6.45, 7) is 8.45. The van der Waals surface area contributed by atoms with E-state index < -0.39 is 5.82 Å². The van der Waals surface area contributed by atoms with Crippen molar-refractivity contribution in [1.29, 1.82) is 0 Å². The zero-order chi connectivity index (χ0) is 22.5. The Balaban J connectivity index is 1.85. The molecule has 2 aromatic carbocycles. The Bertz CT molecular complexity index is 1080. The van der Waals surface area contributed by atoms with Crippen molar-refractivity contribution in [2.75, 3.05) is 18.5 Å². The number of nitrogens with one attached hydrogen (secondary N) is 1. The van der Waals surface area contributed by atoms with Crippen LogP contribution in [0.15, 0.2) is 36.4 Å². The third-order valence-electron chi connectivity index (χ3n) is 4.80. The van der Waals surface area contributed by atoms with Crippen LogP contribution in [0.3, 0.4) is 0 Å². The quantitative estimate of drug-likeness (QED) is 0.504. The van der Waals surface area contributed by atoms with E-state index in [1.165, 1.54) is 6.07 Å². The molecule has 0 unspecified atom stereocenters. The van der Waals surface area contributed by atoms with Gasteiger partial charge in [0.15, 0.2) is 11.5 Å². The lowest BCUT2D eigenvalue weighted by Gasteiger charge is -2.13. The van der Waals surface area contributed by atoms with Crippen molar-refractivity contribution >= 4 is 23.2 Å². The van der Waals surface area contributed by atoms with E-state index in [-0.39, 0.29) is 12.5 Å². The van der Waals surface area contributed by atoms with Crippen LogP contribution >= 0.6 is 11.6 Å². The molecule has 0 aliphatic rings. The number of benzene rings is 2. The molecule has 0 saturated carbocycles. The van der Waals surface area contributed by atoms with Crippen molar-refractivity contribution in [3.05, 3.63) is 69.8 Å². The number of anilines is 1. The molecule has 0 atom stereocenters. The van der Waals surface area contributed by atoms with Crippen LogP contribution in [0.1, 0.15) is 41.2 Å². The fourth-order valence-electron chi connectivity index (χ4n) is 3.24. The molecule has 1 aromatic heterocycles. The summed E-state index contributed by atoms with van der Waals surface area (Å²) in [5.41, 5.74) is 2.66. The highest BCUT2D eigenvalue weighted by atomic mass is 35.5. The highest BCUT2D eigenvalue weighted by Crippen LogP contribution is 2.30. The van der Waals surface area contributed by atoms with Gasteiger partial charge in [-0.15, -0.1) is 0 Å². The van der Waals surface area contributed by atoms with Crippen LogP contribution in [0.5, 0.6) is 11.5 Å². The lowest BCUT2D eigenvalue weighted by atomic mass is 10.1. The second-order valence-electron chi connectivity index (χ2n) is 6.89. The zero-order valence-corrected chi connectivity index (χ0v) is 18.7. The third-order valence-corrected chi connectivity index (χ3v) is 5.15. The fourth-order valence-corrected chi connectivity index (χ4v) is 3.47. The number of rotatable bonds is 8. The molecule has 3 rings (SSSR count). The Morgan fingerprint density at radius 3 is 2.52 bits per heavy atom. The molecular weight excluding hydrogens is 421 g/mol. The summed E-state index contributed by atoms with van der Waals surface area (Å²) in [5.74, 6) is 0.389. The molecule has 0 saturated heterocycles. The number of hydrogen-bond donors (Lipinski definition) is 1. The summed E-state index contributed by atoms with van der Waals surface area (Å²) >= 11 is 6.15. The number of carbonyl (C=O) groups is 1. The van der Waals surface area contributed by atoms with Crippen LogP contribution in [0.2, 0.25) is 5.02 Å². The summed E-state index contributed by atoms with van der Waals surface area (Å²) in [6.07, 6.45) is 0. The van der Waals surface area contributed by atoms with Crippen LogP contribution in [0.25, 0.3) is 0 Å². The number of aromatic nitrogens is 2. The van der Waals surface area contributed by atoms with Gasteiger partial charge in [-0.25, -0.2) is 4.39 Å². The summed E-state index contributed by atoms with van der Waals surface area (Å²) in [4.78, 5) is 12.9. The first-order valence-corrected chi connectivity index (χ1v) is 10.4. The van der Waals surface area contributed by atoms with E-state index in [1.807, 2.05) is 20.8 Å². The predicted molar refractivity (Wildman–Crippen MR) is 119 cm³/mol. The Kier molecular flexibility index (Phi) is 7.17. The molecule has 1 amide bonds. The molecule has 0 spiro atoms. The average Bonchev–Trinajstić information content (AvgIpc) is 2.99. The Morgan fingerprint density at radius 2 is 1.84 bits per heavy atom. The number of halogens is 2. The number of nitrogens with zero attached hydrogens (tertiary/aromatic N) is 2. The van der Waals surface area contributed by atoms with Crippen molar-refractivity contribution in [2.24, 2.45) is 0 Å². The number of aryl methyl sites for hydroxylation is 1. The summed E-state index contributed by atoms with van der Waals surface area (Å²) in [6, 6.07) is 9.59. The number of carbonyl (C=O) groups excluding carboxylic acids is 1. The molecule has 31 heavy (non-hydrogen) atoms. The number of amides is 1. The molecule has 164 valence electrons. The largest absolute Gasteiger partial charge is 0.490 e. The lowest BCUT2D eigenvalue weighted by molar-refractivity contribution is 0.102. The van der Waals surface area contributed by atoms with Crippen molar-refractivity contribution in [1.82, 2.24) is 9.78 Å². The van der Waals surface area contributed by atoms with Crippen LogP contribution in [0.4, 0.5) is 10.1 Å². The van der Waals surface area contributed by atoms with E-state index in [4.69, 9.17) is 21.1 Å². The molecule has 0 aliphatic carbocycles. The standard InChI is InChI=1S/C23H25ClFN3O3/c1-5-30-20-11-10-16(12-21(20)31-6-2)23(29)26-22-14(3)27-28(15(22)4)13-17-18(24)8-7-9-19(17)25/h7-12H,5-6,13H2,1-4H3,(H,26,29). The van der Waals surface area contributed by atoms with Crippen LogP contribution in [0, 0.1) is 19.7 Å². The van der Waals surface area contributed by atoms with Gasteiger partial charge in [0.05, 0.1) is 36.8 Å². The Morgan fingerprint density at radius 1 is 1.13 bits per heavy atom. The highest BCUT2D eigenvalue weighted by Gasteiger charge is 2.18. The number of ether oxygens (including phenoxy) is 2. The van der Waals surface area contributed by atoms with Crippen molar-refractivity contribution in [3.8, 4) is 11.5 Å². The van der Waals surface area contributed by atoms with E-state index in [0.717, 1.165) is 0 Å². The van der Waals surface area contributed by atoms with Gasteiger partial charge in [0.2, 0.25) is 0 Å². The Labute approximate surface area is 185 Å². The van der Waals surface area contributed by atoms with Gasteiger partial charge in [0.1, 0.15) is 5.82 Å². The van der Waals surface area contributed by atoms with E-state index in [2.05, 4.69) is 10.4 Å². The average molecular weight is 446 g/mol. The zero-order valence-electron chi connectivity index (χ0n) is 18.0. The van der Waals surface area contributed by atoms with Gasteiger partial charge in [-0.2, -0.15) is 5.10 Å². The molecular formula is C23H25ClFN3O3. The van der Waals surface area contributed by atoms with E-state index >= 15 is 0 Å². The van der Waals surface area contributed by atoms with Gasteiger partial charge in [-0.3, -0.25) is 9.48 Å². The SMILES string of the molecule is CCOc1ccc(C(=O)Nc2c(C)nn(Cc3c(F)cccc3Cl)c2C)cc1OCC. The van der Waals surface area contributed by atoms with Crippen molar-refractivity contribution < 1.29 is 18.7 Å². The maximum absolute atomic E-state index is 14.2. The third kappa shape index (κ3) is 4.99. The second-order valence-corrected chi connectivity index (χ2v) is 7.29. The minimum absolute atomic E-state index is 0.158. The van der Waals surface area contributed by atoms with E-state index in [1.54, 1.807) is 41.9 Å². The monoisotopic (exact) mass is 445 g/mol. The summed E-state index contributed by atoms with van der Waals surface area (Å²) < 4.78 is 27.0. The van der Waals surface area contributed by atoms with Crippen molar-refractivity contribution in [2.45, 2.75) is 34.2 Å². The number of hydrogen-bond acceptors (Lipinski definition) is 4. The van der Waals surface area contributed by atoms with E-state index in [9.17, 15) is 9.18 Å². The predicted octanol–water partition coefficient (Wildman–Crippen LogP) is 5.39. The molecule has 0 radical (unpaired) electrons. The molecule has 1 N–H and O–H groups in total.